The average Bonchev–Trinajstić information content (AvgIpc) is 2.60. The fourth-order valence-electron chi connectivity index (χ4n) is 1.63. The van der Waals surface area contributed by atoms with Gasteiger partial charge in [-0.1, -0.05) is 6.07 Å². The topological polar surface area (TPSA) is 59.8 Å². The first-order chi connectivity index (χ1) is 6.74. The number of aromatic nitrogens is 1. The SMILES string of the molecule is C[C@H](O)c1c[nH]c2cccc(C#N)c12. The minimum atomic E-state index is -0.557. The van der Waals surface area contributed by atoms with Crippen LogP contribution < -0.4 is 0 Å². The molecule has 3 heteroatoms. The molecule has 2 N–H and O–H groups in total. The molecule has 0 saturated heterocycles. The van der Waals surface area contributed by atoms with Crippen molar-refractivity contribution in [2.24, 2.45) is 0 Å². The maximum absolute atomic E-state index is 9.50. The van der Waals surface area contributed by atoms with E-state index in [0.29, 0.717) is 5.56 Å². The van der Waals surface area contributed by atoms with E-state index in [1.807, 2.05) is 12.1 Å². The van der Waals surface area contributed by atoms with Gasteiger partial charge in [-0.05, 0) is 19.1 Å². The Labute approximate surface area is 81.6 Å². The highest BCUT2D eigenvalue weighted by atomic mass is 16.3. The first-order valence-corrected chi connectivity index (χ1v) is 4.42. The Morgan fingerprint density at radius 3 is 2.93 bits per heavy atom. The number of fused-ring (bicyclic) bond motifs is 1. The Hall–Kier alpha value is -1.79. The lowest BCUT2D eigenvalue weighted by atomic mass is 10.0. The number of H-pyrrole nitrogens is 1. The van der Waals surface area contributed by atoms with E-state index in [4.69, 9.17) is 5.26 Å². The molecule has 0 saturated carbocycles. The molecule has 0 spiro atoms. The molecular formula is C11H10N2O. The lowest BCUT2D eigenvalue weighted by Gasteiger charge is -2.02. The number of hydrogen-bond acceptors (Lipinski definition) is 2. The van der Waals surface area contributed by atoms with Gasteiger partial charge in [0, 0.05) is 22.7 Å². The Morgan fingerprint density at radius 1 is 1.50 bits per heavy atom. The molecule has 1 heterocycles. The van der Waals surface area contributed by atoms with Crippen molar-refractivity contribution in [2.75, 3.05) is 0 Å². The molecule has 0 amide bonds. The molecule has 0 aliphatic carbocycles. The van der Waals surface area contributed by atoms with Crippen LogP contribution in [-0.4, -0.2) is 10.1 Å². The fourth-order valence-corrected chi connectivity index (χ4v) is 1.63. The van der Waals surface area contributed by atoms with Gasteiger partial charge >= 0.3 is 0 Å². The number of aromatic amines is 1. The van der Waals surface area contributed by atoms with Gasteiger partial charge in [0.2, 0.25) is 0 Å². The number of benzene rings is 1. The van der Waals surface area contributed by atoms with Gasteiger partial charge in [0.25, 0.3) is 0 Å². The van der Waals surface area contributed by atoms with Gasteiger partial charge in [0.15, 0.2) is 0 Å². The van der Waals surface area contributed by atoms with Gasteiger partial charge in [-0.2, -0.15) is 5.26 Å². The van der Waals surface area contributed by atoms with E-state index < -0.39 is 6.10 Å². The van der Waals surface area contributed by atoms with Crippen LogP contribution in [0, 0.1) is 11.3 Å². The molecule has 0 radical (unpaired) electrons. The van der Waals surface area contributed by atoms with E-state index in [1.54, 1.807) is 19.2 Å². The number of nitriles is 1. The number of aliphatic hydroxyl groups excluding tert-OH is 1. The van der Waals surface area contributed by atoms with Gasteiger partial charge in [0.1, 0.15) is 0 Å². The minimum Gasteiger partial charge on any atom is -0.389 e. The van der Waals surface area contributed by atoms with Crippen molar-refractivity contribution in [1.29, 1.82) is 5.26 Å². The van der Waals surface area contributed by atoms with E-state index in [9.17, 15) is 5.11 Å². The number of hydrogen-bond donors (Lipinski definition) is 2. The molecule has 1 aromatic carbocycles. The van der Waals surface area contributed by atoms with Gasteiger partial charge in [-0.25, -0.2) is 0 Å². The third-order valence-corrected chi connectivity index (χ3v) is 2.31. The van der Waals surface area contributed by atoms with E-state index >= 15 is 0 Å². The minimum absolute atomic E-state index is 0.557. The van der Waals surface area contributed by atoms with Crippen molar-refractivity contribution < 1.29 is 5.11 Å². The standard InChI is InChI=1S/C11H10N2O/c1-7(14)9-6-13-10-4-2-3-8(5-12)11(9)10/h2-4,6-7,13-14H,1H3/t7-/m0/s1. The van der Waals surface area contributed by atoms with Crippen LogP contribution in [0.3, 0.4) is 0 Å². The van der Waals surface area contributed by atoms with Crippen molar-refractivity contribution in [3.05, 3.63) is 35.5 Å². The molecule has 2 rings (SSSR count). The first kappa shape index (κ1) is 8.79. The molecule has 1 aromatic heterocycles. The number of nitrogens with zero attached hydrogens (tertiary/aromatic N) is 1. The molecule has 0 unspecified atom stereocenters. The van der Waals surface area contributed by atoms with Crippen LogP contribution in [-0.2, 0) is 0 Å². The zero-order chi connectivity index (χ0) is 10.1. The summed E-state index contributed by atoms with van der Waals surface area (Å²) in [5.74, 6) is 0. The summed E-state index contributed by atoms with van der Waals surface area (Å²) in [6.07, 6.45) is 1.19. The largest absolute Gasteiger partial charge is 0.389 e. The van der Waals surface area contributed by atoms with Crippen LogP contribution in [0.4, 0.5) is 0 Å². The lowest BCUT2D eigenvalue weighted by molar-refractivity contribution is 0.201. The van der Waals surface area contributed by atoms with Crippen molar-refractivity contribution in [3.8, 4) is 6.07 Å². The zero-order valence-corrected chi connectivity index (χ0v) is 7.78. The predicted molar refractivity (Wildman–Crippen MR) is 53.6 cm³/mol. The second-order valence-electron chi connectivity index (χ2n) is 3.26. The summed E-state index contributed by atoms with van der Waals surface area (Å²) in [5, 5.41) is 19.2. The molecular weight excluding hydrogens is 176 g/mol. The highest BCUT2D eigenvalue weighted by Crippen LogP contribution is 2.26. The number of rotatable bonds is 1. The fraction of sp³-hybridized carbons (Fsp3) is 0.182. The van der Waals surface area contributed by atoms with Crippen LogP contribution in [0.25, 0.3) is 10.9 Å². The smallest absolute Gasteiger partial charge is 0.0998 e. The third kappa shape index (κ3) is 1.17. The van der Waals surface area contributed by atoms with E-state index in [-0.39, 0.29) is 0 Å². The highest BCUT2D eigenvalue weighted by Gasteiger charge is 2.11. The highest BCUT2D eigenvalue weighted by molar-refractivity contribution is 5.89. The summed E-state index contributed by atoms with van der Waals surface area (Å²) < 4.78 is 0. The summed E-state index contributed by atoms with van der Waals surface area (Å²) in [6, 6.07) is 7.59. The molecule has 0 aliphatic heterocycles. The van der Waals surface area contributed by atoms with Crippen molar-refractivity contribution in [1.82, 2.24) is 4.98 Å². The number of aliphatic hydroxyl groups is 1. The molecule has 2 aromatic rings. The average molecular weight is 186 g/mol. The van der Waals surface area contributed by atoms with Crippen molar-refractivity contribution >= 4 is 10.9 Å². The Balaban J connectivity index is 2.83. The maximum Gasteiger partial charge on any atom is 0.0998 e. The van der Waals surface area contributed by atoms with Crippen molar-refractivity contribution in [3.63, 3.8) is 0 Å². The molecule has 0 fully saturated rings. The van der Waals surface area contributed by atoms with Gasteiger partial charge in [-0.3, -0.25) is 0 Å². The summed E-state index contributed by atoms with van der Waals surface area (Å²) in [4.78, 5) is 3.03. The van der Waals surface area contributed by atoms with Gasteiger partial charge in [0.05, 0.1) is 17.7 Å². The van der Waals surface area contributed by atoms with E-state index in [2.05, 4.69) is 11.1 Å². The third-order valence-electron chi connectivity index (χ3n) is 2.31. The Morgan fingerprint density at radius 2 is 2.29 bits per heavy atom. The van der Waals surface area contributed by atoms with E-state index in [0.717, 1.165) is 16.5 Å². The predicted octanol–water partition coefficient (Wildman–Crippen LogP) is 2.09. The van der Waals surface area contributed by atoms with Crippen molar-refractivity contribution in [2.45, 2.75) is 13.0 Å². The molecule has 3 nitrogen and oxygen atoms in total. The molecule has 0 aliphatic rings. The second-order valence-corrected chi connectivity index (χ2v) is 3.26. The van der Waals surface area contributed by atoms with E-state index in [1.165, 1.54) is 0 Å². The second kappa shape index (κ2) is 3.17. The summed E-state index contributed by atoms with van der Waals surface area (Å²) >= 11 is 0. The number of nitrogens with one attached hydrogen (secondary N) is 1. The summed E-state index contributed by atoms with van der Waals surface area (Å²) in [7, 11) is 0. The van der Waals surface area contributed by atoms with Crippen LogP contribution >= 0.6 is 0 Å². The summed E-state index contributed by atoms with van der Waals surface area (Å²) in [6.45, 7) is 1.69. The summed E-state index contributed by atoms with van der Waals surface area (Å²) in [5.41, 5.74) is 2.26. The molecule has 0 bridgehead atoms. The van der Waals surface area contributed by atoms with Crippen LogP contribution in [0.15, 0.2) is 24.4 Å². The molecule has 70 valence electrons. The van der Waals surface area contributed by atoms with Crippen LogP contribution in [0.2, 0.25) is 0 Å². The van der Waals surface area contributed by atoms with Crippen LogP contribution in [0.1, 0.15) is 24.2 Å². The van der Waals surface area contributed by atoms with Gasteiger partial charge < -0.3 is 10.1 Å². The Bertz CT molecular complexity index is 505. The zero-order valence-electron chi connectivity index (χ0n) is 7.78. The lowest BCUT2D eigenvalue weighted by Crippen LogP contribution is -1.89. The maximum atomic E-state index is 9.50. The Kier molecular flexibility index (Phi) is 1.99. The first-order valence-electron chi connectivity index (χ1n) is 4.42. The normalized spacial score (nSPS) is 12.6. The molecule has 14 heavy (non-hydrogen) atoms. The monoisotopic (exact) mass is 186 g/mol. The van der Waals surface area contributed by atoms with Gasteiger partial charge in [-0.15, -0.1) is 0 Å². The van der Waals surface area contributed by atoms with Crippen LogP contribution in [0.5, 0.6) is 0 Å². The quantitative estimate of drug-likeness (QED) is 0.716. The molecule has 1 atom stereocenters.